The van der Waals surface area contributed by atoms with Gasteiger partial charge in [-0.2, -0.15) is 0 Å². The van der Waals surface area contributed by atoms with Crippen LogP contribution in [0.5, 0.6) is 5.75 Å². The quantitative estimate of drug-likeness (QED) is 0.839. The van der Waals surface area contributed by atoms with Gasteiger partial charge >= 0.3 is 0 Å². The molecular weight excluding hydrogens is 234 g/mol. The SMILES string of the molecule is Cc1cc(C)c(OCc2cc(C)ccc2C)c(N)c1. The molecular formula is C17H21NO. The molecule has 0 unspecified atom stereocenters. The Labute approximate surface area is 115 Å². The number of hydrogen-bond donors (Lipinski definition) is 1. The Bertz CT molecular complexity index is 579. The molecule has 0 aromatic heterocycles. The third kappa shape index (κ3) is 3.08. The first-order chi connectivity index (χ1) is 8.97. The summed E-state index contributed by atoms with van der Waals surface area (Å²) in [6.45, 7) is 8.82. The zero-order chi connectivity index (χ0) is 14.0. The van der Waals surface area contributed by atoms with Crippen LogP contribution in [0, 0.1) is 27.7 Å². The molecule has 2 aromatic rings. The van der Waals surface area contributed by atoms with Crippen LogP contribution in [-0.4, -0.2) is 0 Å². The minimum absolute atomic E-state index is 0.557. The molecule has 0 spiro atoms. The van der Waals surface area contributed by atoms with Gasteiger partial charge in [0.15, 0.2) is 0 Å². The number of ether oxygens (including phenoxy) is 1. The van der Waals surface area contributed by atoms with Crippen LogP contribution in [0.25, 0.3) is 0 Å². The molecule has 2 heteroatoms. The molecule has 0 atom stereocenters. The lowest BCUT2D eigenvalue weighted by atomic mass is 10.1. The standard InChI is InChI=1S/C17H21NO/c1-11-5-6-13(3)15(8-11)10-19-17-14(4)7-12(2)9-16(17)18/h5-9H,10,18H2,1-4H3. The summed E-state index contributed by atoms with van der Waals surface area (Å²) in [4.78, 5) is 0. The van der Waals surface area contributed by atoms with Crippen molar-refractivity contribution < 1.29 is 4.74 Å². The van der Waals surface area contributed by atoms with Crippen molar-refractivity contribution in [2.75, 3.05) is 5.73 Å². The smallest absolute Gasteiger partial charge is 0.145 e. The molecule has 0 heterocycles. The molecule has 0 amide bonds. The molecule has 0 fully saturated rings. The molecule has 100 valence electrons. The Morgan fingerprint density at radius 3 is 2.32 bits per heavy atom. The third-order valence-corrected chi connectivity index (χ3v) is 3.32. The van der Waals surface area contributed by atoms with Gasteiger partial charge < -0.3 is 10.5 Å². The summed E-state index contributed by atoms with van der Waals surface area (Å²) in [7, 11) is 0. The van der Waals surface area contributed by atoms with Crippen molar-refractivity contribution >= 4 is 5.69 Å². The summed E-state index contributed by atoms with van der Waals surface area (Å²) >= 11 is 0. The van der Waals surface area contributed by atoms with E-state index in [2.05, 4.69) is 38.1 Å². The van der Waals surface area contributed by atoms with Crippen LogP contribution in [-0.2, 0) is 6.61 Å². The zero-order valence-electron chi connectivity index (χ0n) is 12.1. The average molecular weight is 255 g/mol. The second-order valence-electron chi connectivity index (χ2n) is 5.22. The maximum absolute atomic E-state index is 6.03. The first-order valence-electron chi connectivity index (χ1n) is 6.53. The highest BCUT2D eigenvalue weighted by Gasteiger charge is 2.07. The second kappa shape index (κ2) is 5.35. The topological polar surface area (TPSA) is 35.2 Å². The molecule has 2 N–H and O–H groups in total. The minimum atomic E-state index is 0.557. The van der Waals surface area contributed by atoms with Gasteiger partial charge in [0, 0.05) is 0 Å². The maximum atomic E-state index is 6.03. The zero-order valence-corrected chi connectivity index (χ0v) is 12.1. The van der Waals surface area contributed by atoms with Gasteiger partial charge in [-0.15, -0.1) is 0 Å². The van der Waals surface area contributed by atoms with Crippen LogP contribution in [0.2, 0.25) is 0 Å². The van der Waals surface area contributed by atoms with E-state index in [0.29, 0.717) is 12.3 Å². The Morgan fingerprint density at radius 2 is 1.63 bits per heavy atom. The number of benzene rings is 2. The van der Waals surface area contributed by atoms with Gasteiger partial charge in [0.05, 0.1) is 5.69 Å². The first-order valence-corrected chi connectivity index (χ1v) is 6.53. The van der Waals surface area contributed by atoms with E-state index in [1.54, 1.807) is 0 Å². The monoisotopic (exact) mass is 255 g/mol. The van der Waals surface area contributed by atoms with Crippen LogP contribution in [0.15, 0.2) is 30.3 Å². The maximum Gasteiger partial charge on any atom is 0.145 e. The van der Waals surface area contributed by atoms with E-state index in [-0.39, 0.29) is 0 Å². The van der Waals surface area contributed by atoms with Gasteiger partial charge in [0.1, 0.15) is 12.4 Å². The normalized spacial score (nSPS) is 10.5. The van der Waals surface area contributed by atoms with Gasteiger partial charge in [0.25, 0.3) is 0 Å². The fourth-order valence-corrected chi connectivity index (χ4v) is 2.29. The number of rotatable bonds is 3. The molecule has 19 heavy (non-hydrogen) atoms. The lowest BCUT2D eigenvalue weighted by Gasteiger charge is -2.14. The van der Waals surface area contributed by atoms with E-state index in [9.17, 15) is 0 Å². The number of anilines is 1. The van der Waals surface area contributed by atoms with Crippen LogP contribution < -0.4 is 10.5 Å². The molecule has 2 aromatic carbocycles. The van der Waals surface area contributed by atoms with Gasteiger partial charge in [-0.1, -0.05) is 29.8 Å². The molecule has 0 radical (unpaired) electrons. The fraction of sp³-hybridized carbons (Fsp3) is 0.294. The molecule has 2 nitrogen and oxygen atoms in total. The molecule has 0 aliphatic rings. The minimum Gasteiger partial charge on any atom is -0.486 e. The predicted molar refractivity (Wildman–Crippen MR) is 80.6 cm³/mol. The molecule has 0 bridgehead atoms. The van der Waals surface area contributed by atoms with Crippen molar-refractivity contribution in [3.05, 3.63) is 58.1 Å². The third-order valence-electron chi connectivity index (χ3n) is 3.32. The number of nitrogens with two attached hydrogens (primary N) is 1. The summed E-state index contributed by atoms with van der Waals surface area (Å²) in [5, 5.41) is 0. The summed E-state index contributed by atoms with van der Waals surface area (Å²) in [6.07, 6.45) is 0. The number of aryl methyl sites for hydroxylation is 4. The van der Waals surface area contributed by atoms with Crippen LogP contribution in [0.4, 0.5) is 5.69 Å². The molecule has 0 aliphatic carbocycles. The van der Waals surface area contributed by atoms with E-state index in [4.69, 9.17) is 10.5 Å². The summed E-state index contributed by atoms with van der Waals surface area (Å²) in [5.41, 5.74) is 12.7. The van der Waals surface area contributed by atoms with Gasteiger partial charge in [-0.25, -0.2) is 0 Å². The van der Waals surface area contributed by atoms with E-state index in [0.717, 1.165) is 16.9 Å². The Kier molecular flexibility index (Phi) is 3.79. The second-order valence-corrected chi connectivity index (χ2v) is 5.22. The van der Waals surface area contributed by atoms with Crippen LogP contribution in [0.3, 0.4) is 0 Å². The highest BCUT2D eigenvalue weighted by molar-refractivity contribution is 5.58. The number of hydrogen-bond acceptors (Lipinski definition) is 2. The lowest BCUT2D eigenvalue weighted by Crippen LogP contribution is -2.02. The molecule has 0 aliphatic heterocycles. The van der Waals surface area contributed by atoms with Crippen LogP contribution in [0.1, 0.15) is 27.8 Å². The van der Waals surface area contributed by atoms with Gasteiger partial charge in [0.2, 0.25) is 0 Å². The largest absolute Gasteiger partial charge is 0.486 e. The van der Waals surface area contributed by atoms with E-state index >= 15 is 0 Å². The van der Waals surface area contributed by atoms with Crippen molar-refractivity contribution in [1.29, 1.82) is 0 Å². The van der Waals surface area contributed by atoms with Crippen molar-refractivity contribution in [2.45, 2.75) is 34.3 Å². The highest BCUT2D eigenvalue weighted by atomic mass is 16.5. The molecule has 2 rings (SSSR count). The average Bonchev–Trinajstić information content (AvgIpc) is 2.32. The fourth-order valence-electron chi connectivity index (χ4n) is 2.29. The van der Waals surface area contributed by atoms with E-state index in [1.165, 1.54) is 16.7 Å². The summed E-state index contributed by atoms with van der Waals surface area (Å²) in [5.74, 6) is 0.798. The Hall–Kier alpha value is -1.96. The highest BCUT2D eigenvalue weighted by Crippen LogP contribution is 2.28. The van der Waals surface area contributed by atoms with Gasteiger partial charge in [-0.3, -0.25) is 0 Å². The number of nitrogen functional groups attached to an aromatic ring is 1. The Balaban J connectivity index is 2.21. The Morgan fingerprint density at radius 1 is 0.895 bits per heavy atom. The predicted octanol–water partition coefficient (Wildman–Crippen LogP) is 4.08. The lowest BCUT2D eigenvalue weighted by molar-refractivity contribution is 0.305. The van der Waals surface area contributed by atoms with Gasteiger partial charge in [-0.05, 0) is 56.0 Å². The van der Waals surface area contributed by atoms with Crippen LogP contribution >= 0.6 is 0 Å². The van der Waals surface area contributed by atoms with Crippen molar-refractivity contribution in [3.63, 3.8) is 0 Å². The summed E-state index contributed by atoms with van der Waals surface area (Å²) in [6, 6.07) is 10.4. The van der Waals surface area contributed by atoms with E-state index < -0.39 is 0 Å². The van der Waals surface area contributed by atoms with E-state index in [1.807, 2.05) is 19.9 Å². The first kappa shape index (κ1) is 13.5. The summed E-state index contributed by atoms with van der Waals surface area (Å²) < 4.78 is 5.92. The van der Waals surface area contributed by atoms with Crippen molar-refractivity contribution in [2.24, 2.45) is 0 Å². The molecule has 0 saturated heterocycles. The molecule has 0 saturated carbocycles. The van der Waals surface area contributed by atoms with Crippen molar-refractivity contribution in [1.82, 2.24) is 0 Å². The van der Waals surface area contributed by atoms with Crippen molar-refractivity contribution in [3.8, 4) is 5.75 Å².